The highest BCUT2D eigenvalue weighted by Crippen LogP contribution is 2.29. The molecule has 124 valence electrons. The van der Waals surface area contributed by atoms with E-state index in [-0.39, 0.29) is 5.63 Å². The van der Waals surface area contributed by atoms with Gasteiger partial charge in [-0.25, -0.2) is 4.79 Å². The Balaban J connectivity index is 1.71. The highest BCUT2D eigenvalue weighted by atomic mass is 16.5. The summed E-state index contributed by atoms with van der Waals surface area (Å²) in [5, 5.41) is 0.962. The summed E-state index contributed by atoms with van der Waals surface area (Å²) in [6.07, 6.45) is 2.13. The van der Waals surface area contributed by atoms with Gasteiger partial charge in [-0.3, -0.25) is 4.90 Å². The Hall–Kier alpha value is -2.53. The van der Waals surface area contributed by atoms with Crippen LogP contribution in [0, 0.1) is 0 Å². The van der Waals surface area contributed by atoms with E-state index in [2.05, 4.69) is 34.7 Å². The molecule has 24 heavy (non-hydrogen) atoms. The molecule has 5 nitrogen and oxygen atoms in total. The van der Waals surface area contributed by atoms with Crippen LogP contribution in [0.2, 0.25) is 0 Å². The lowest BCUT2D eigenvalue weighted by atomic mass is 10.1. The third-order valence-electron chi connectivity index (χ3n) is 4.88. The van der Waals surface area contributed by atoms with E-state index in [0.717, 1.165) is 30.6 Å². The normalized spacial score (nSPS) is 17.8. The van der Waals surface area contributed by atoms with Gasteiger partial charge in [0.05, 0.1) is 7.11 Å². The van der Waals surface area contributed by atoms with E-state index in [1.54, 1.807) is 19.2 Å². The predicted octanol–water partition coefficient (Wildman–Crippen LogP) is 3.18. The molecule has 0 saturated heterocycles. The number of nitrogens with zero attached hydrogens (tertiary/aromatic N) is 2. The number of ether oxygens (including phenoxy) is 1. The summed E-state index contributed by atoms with van der Waals surface area (Å²) in [6.45, 7) is 4.86. The molecule has 0 fully saturated rings. The highest BCUT2D eigenvalue weighted by molar-refractivity contribution is 5.81. The van der Waals surface area contributed by atoms with Crippen molar-refractivity contribution in [1.82, 2.24) is 9.47 Å². The molecule has 0 aliphatic carbocycles. The van der Waals surface area contributed by atoms with E-state index in [1.165, 1.54) is 5.69 Å². The minimum Gasteiger partial charge on any atom is -0.497 e. The van der Waals surface area contributed by atoms with Crippen molar-refractivity contribution in [2.75, 3.05) is 13.7 Å². The molecule has 0 spiro atoms. The van der Waals surface area contributed by atoms with Gasteiger partial charge < -0.3 is 13.7 Å². The number of hydrogen-bond donors (Lipinski definition) is 0. The fourth-order valence-corrected chi connectivity index (χ4v) is 3.53. The van der Waals surface area contributed by atoms with Gasteiger partial charge in [-0.1, -0.05) is 0 Å². The third-order valence-corrected chi connectivity index (χ3v) is 4.88. The molecule has 0 radical (unpaired) electrons. The number of rotatable bonds is 3. The standard InChI is InChI=1S/C19H20N2O3/c1-13-17-4-3-7-20(17)8-9-21(13)12-14-10-19(22)24-18-11-15(23-2)5-6-16(14)18/h3-7,10-11,13H,8-9,12H2,1-2H3. The monoisotopic (exact) mass is 324 g/mol. The first-order valence-electron chi connectivity index (χ1n) is 8.15. The average molecular weight is 324 g/mol. The summed E-state index contributed by atoms with van der Waals surface area (Å²) in [5.41, 5.74) is 2.56. The zero-order chi connectivity index (χ0) is 16.7. The summed E-state index contributed by atoms with van der Waals surface area (Å²) < 4.78 is 12.9. The second-order valence-electron chi connectivity index (χ2n) is 6.23. The molecular formula is C19H20N2O3. The van der Waals surface area contributed by atoms with Crippen LogP contribution in [-0.4, -0.2) is 23.1 Å². The number of methoxy groups -OCH3 is 1. The van der Waals surface area contributed by atoms with Crippen molar-refractivity contribution < 1.29 is 9.15 Å². The molecule has 1 aromatic carbocycles. The summed E-state index contributed by atoms with van der Waals surface area (Å²) in [4.78, 5) is 14.4. The maximum absolute atomic E-state index is 12.0. The Kier molecular flexibility index (Phi) is 3.65. The summed E-state index contributed by atoms with van der Waals surface area (Å²) in [7, 11) is 1.60. The lowest BCUT2D eigenvalue weighted by molar-refractivity contribution is 0.161. The van der Waals surface area contributed by atoms with Crippen molar-refractivity contribution in [3.8, 4) is 5.75 Å². The quantitative estimate of drug-likeness (QED) is 0.694. The SMILES string of the molecule is COc1ccc2c(CN3CCn4cccc4C3C)cc(=O)oc2c1. The van der Waals surface area contributed by atoms with Crippen LogP contribution >= 0.6 is 0 Å². The first kappa shape index (κ1) is 15.0. The average Bonchev–Trinajstić information content (AvgIpc) is 3.06. The fraction of sp³-hybridized carbons (Fsp3) is 0.316. The van der Waals surface area contributed by atoms with E-state index in [9.17, 15) is 4.79 Å². The van der Waals surface area contributed by atoms with Crippen molar-refractivity contribution in [3.63, 3.8) is 0 Å². The van der Waals surface area contributed by atoms with Crippen LogP contribution in [0.25, 0.3) is 11.0 Å². The minimum atomic E-state index is -0.321. The second-order valence-corrected chi connectivity index (χ2v) is 6.23. The van der Waals surface area contributed by atoms with Gasteiger partial charge in [0.1, 0.15) is 11.3 Å². The van der Waals surface area contributed by atoms with E-state index in [4.69, 9.17) is 9.15 Å². The van der Waals surface area contributed by atoms with Gasteiger partial charge >= 0.3 is 5.63 Å². The lowest BCUT2D eigenvalue weighted by Crippen LogP contribution is -2.36. The highest BCUT2D eigenvalue weighted by Gasteiger charge is 2.24. The maximum Gasteiger partial charge on any atom is 0.336 e. The van der Waals surface area contributed by atoms with Crippen LogP contribution in [0.1, 0.15) is 24.2 Å². The minimum absolute atomic E-state index is 0.314. The first-order chi connectivity index (χ1) is 11.7. The van der Waals surface area contributed by atoms with E-state index in [0.29, 0.717) is 17.4 Å². The molecule has 3 heterocycles. The number of aromatic nitrogens is 1. The Labute approximate surface area is 140 Å². The van der Waals surface area contributed by atoms with Gasteiger partial charge in [0.2, 0.25) is 0 Å². The van der Waals surface area contributed by atoms with Crippen LogP contribution in [0.5, 0.6) is 5.75 Å². The molecule has 0 N–H and O–H groups in total. The van der Waals surface area contributed by atoms with E-state index < -0.39 is 0 Å². The smallest absolute Gasteiger partial charge is 0.336 e. The molecule has 1 atom stereocenters. The largest absolute Gasteiger partial charge is 0.497 e. The van der Waals surface area contributed by atoms with Crippen LogP contribution < -0.4 is 10.4 Å². The number of benzene rings is 1. The van der Waals surface area contributed by atoms with Gasteiger partial charge in [-0.2, -0.15) is 0 Å². The van der Waals surface area contributed by atoms with Crippen LogP contribution in [0.15, 0.2) is 51.8 Å². The van der Waals surface area contributed by atoms with Crippen LogP contribution in [0.3, 0.4) is 0 Å². The second kappa shape index (κ2) is 5.83. The maximum atomic E-state index is 12.0. The first-order valence-corrected chi connectivity index (χ1v) is 8.15. The van der Waals surface area contributed by atoms with Crippen molar-refractivity contribution >= 4 is 11.0 Å². The van der Waals surface area contributed by atoms with Crippen LogP contribution in [-0.2, 0) is 13.1 Å². The fourth-order valence-electron chi connectivity index (χ4n) is 3.53. The van der Waals surface area contributed by atoms with Crippen molar-refractivity contribution in [2.24, 2.45) is 0 Å². The van der Waals surface area contributed by atoms with Crippen molar-refractivity contribution in [1.29, 1.82) is 0 Å². The van der Waals surface area contributed by atoms with Gasteiger partial charge in [-0.05, 0) is 36.8 Å². The molecule has 0 bridgehead atoms. The lowest BCUT2D eigenvalue weighted by Gasteiger charge is -2.35. The molecule has 0 saturated carbocycles. The Morgan fingerprint density at radius 2 is 2.12 bits per heavy atom. The Morgan fingerprint density at radius 3 is 2.96 bits per heavy atom. The molecule has 1 aliphatic rings. The van der Waals surface area contributed by atoms with Crippen molar-refractivity contribution in [2.45, 2.75) is 26.1 Å². The summed E-state index contributed by atoms with van der Waals surface area (Å²) in [6, 6.07) is 11.8. The zero-order valence-electron chi connectivity index (χ0n) is 13.9. The summed E-state index contributed by atoms with van der Waals surface area (Å²) in [5.74, 6) is 0.687. The van der Waals surface area contributed by atoms with Gasteiger partial charge in [-0.15, -0.1) is 0 Å². The van der Waals surface area contributed by atoms with Gasteiger partial charge in [0, 0.05) is 55.1 Å². The molecular weight excluding hydrogens is 304 g/mol. The molecule has 1 aliphatic heterocycles. The molecule has 2 aromatic heterocycles. The Bertz CT molecular complexity index is 941. The Morgan fingerprint density at radius 1 is 1.25 bits per heavy atom. The predicted molar refractivity (Wildman–Crippen MR) is 92.3 cm³/mol. The molecule has 5 heteroatoms. The summed E-state index contributed by atoms with van der Waals surface area (Å²) >= 11 is 0. The van der Waals surface area contributed by atoms with Gasteiger partial charge in [0.15, 0.2) is 0 Å². The topological polar surface area (TPSA) is 47.6 Å². The third kappa shape index (κ3) is 2.51. The zero-order valence-corrected chi connectivity index (χ0v) is 13.9. The van der Waals surface area contributed by atoms with Crippen molar-refractivity contribution in [3.05, 3.63) is 64.3 Å². The molecule has 0 amide bonds. The molecule has 1 unspecified atom stereocenters. The number of hydrogen-bond acceptors (Lipinski definition) is 4. The van der Waals surface area contributed by atoms with E-state index >= 15 is 0 Å². The van der Waals surface area contributed by atoms with E-state index in [1.807, 2.05) is 12.1 Å². The van der Waals surface area contributed by atoms with Gasteiger partial charge in [0.25, 0.3) is 0 Å². The molecule has 4 rings (SSSR count). The molecule has 3 aromatic rings. The van der Waals surface area contributed by atoms with Crippen LogP contribution in [0.4, 0.5) is 0 Å². The number of fused-ring (bicyclic) bond motifs is 2.